The molecule has 150 valence electrons. The smallest absolute Gasteiger partial charge is 0.481 e. The van der Waals surface area contributed by atoms with E-state index >= 15 is 0 Å². The van der Waals surface area contributed by atoms with Crippen molar-refractivity contribution in [3.8, 4) is 11.3 Å². The number of carbonyl (C=O) groups is 1. The number of carboxylic acid groups (broad SMARTS) is 1. The number of carboxylic acids is 1. The van der Waals surface area contributed by atoms with E-state index in [0.29, 0.717) is 22.5 Å². The van der Waals surface area contributed by atoms with E-state index in [0.717, 1.165) is 0 Å². The molecular weight excluding hydrogens is 427 g/mol. The molecule has 0 radical (unpaired) electrons. The van der Waals surface area contributed by atoms with Gasteiger partial charge in [0, 0.05) is 17.5 Å². The predicted octanol–water partition coefficient (Wildman–Crippen LogP) is 3.28. The molecule has 6 nitrogen and oxygen atoms in total. The van der Waals surface area contributed by atoms with Crippen molar-refractivity contribution in [3.05, 3.63) is 52.7 Å². The number of hydrogen-bond donors (Lipinski definition) is 3. The van der Waals surface area contributed by atoms with Gasteiger partial charge in [-0.25, -0.2) is 14.4 Å². The van der Waals surface area contributed by atoms with Gasteiger partial charge in [0.1, 0.15) is 5.82 Å². The molecule has 0 saturated heterocycles. The molecule has 0 bridgehead atoms. The van der Waals surface area contributed by atoms with E-state index in [1.165, 1.54) is 18.2 Å². The van der Waals surface area contributed by atoms with Crippen molar-refractivity contribution in [1.82, 2.24) is 9.97 Å². The second-order valence-electron chi connectivity index (χ2n) is 6.72. The van der Waals surface area contributed by atoms with E-state index in [-0.39, 0.29) is 61.2 Å². The second-order valence-corrected chi connectivity index (χ2v) is 7.05. The maximum absolute atomic E-state index is 13.3. The van der Waals surface area contributed by atoms with E-state index in [1.807, 2.05) is 13.8 Å². The van der Waals surface area contributed by atoms with Crippen molar-refractivity contribution in [3.63, 3.8) is 0 Å². The average molecular weight is 449 g/mol. The van der Waals surface area contributed by atoms with Crippen LogP contribution in [0.2, 0.25) is 5.28 Å². The van der Waals surface area contributed by atoms with Crippen LogP contribution in [0.25, 0.3) is 17.3 Å². The molecule has 3 N–H and O–H groups in total. The quantitative estimate of drug-likeness (QED) is 0.423. The van der Waals surface area contributed by atoms with Gasteiger partial charge in [0.05, 0.1) is 30.0 Å². The first-order valence-electron chi connectivity index (χ1n) is 8.76. The van der Waals surface area contributed by atoms with Crippen LogP contribution in [0.5, 0.6) is 0 Å². The van der Waals surface area contributed by atoms with E-state index in [2.05, 4.69) is 9.97 Å². The van der Waals surface area contributed by atoms with Crippen LogP contribution in [-0.4, -0.2) is 81.2 Å². The van der Waals surface area contributed by atoms with Gasteiger partial charge in [0.15, 0.2) is 0 Å². The molecule has 0 unspecified atom stereocenters. The van der Waals surface area contributed by atoms with Crippen LogP contribution >= 0.6 is 11.6 Å². The summed E-state index contributed by atoms with van der Waals surface area (Å²) >= 11 is 6.07. The van der Waals surface area contributed by atoms with Gasteiger partial charge in [0.25, 0.3) is 0 Å². The topological polar surface area (TPSA) is 104 Å². The van der Waals surface area contributed by atoms with Gasteiger partial charge in [0.2, 0.25) is 5.28 Å². The normalized spacial score (nSPS) is 13.3. The molecule has 1 aromatic heterocycles. The van der Waals surface area contributed by atoms with Crippen molar-refractivity contribution in [1.29, 1.82) is 0 Å². The van der Waals surface area contributed by atoms with Gasteiger partial charge in [-0.15, -0.1) is 0 Å². The van der Waals surface area contributed by atoms with Gasteiger partial charge in [-0.2, -0.15) is 0 Å². The summed E-state index contributed by atoms with van der Waals surface area (Å²) in [5, 5.41) is 28.5. The third-order valence-corrected chi connectivity index (χ3v) is 4.19. The third-order valence-electron chi connectivity index (χ3n) is 4.02. The van der Waals surface area contributed by atoms with Crippen molar-refractivity contribution in [2.45, 2.75) is 44.8 Å². The Bertz CT molecular complexity index is 862. The van der Waals surface area contributed by atoms with Crippen LogP contribution in [0.4, 0.5) is 4.39 Å². The maximum atomic E-state index is 13.3. The largest absolute Gasteiger partial charge is 2.00 e. The van der Waals surface area contributed by atoms with Crippen LogP contribution in [0.3, 0.4) is 0 Å². The number of rotatable bonds is 8. The molecule has 0 amide bonds. The fraction of sp³-hybridized carbons (Fsp3) is 0.350. The van der Waals surface area contributed by atoms with E-state index in [9.17, 15) is 19.4 Å². The summed E-state index contributed by atoms with van der Waals surface area (Å²) in [6, 6.07) is 5.76. The maximum Gasteiger partial charge on any atom is 2.00 e. The Morgan fingerprint density at radius 3 is 2.38 bits per heavy atom. The molecule has 0 aliphatic rings. The minimum absolute atomic E-state index is 0. The number of nitrogens with zero attached hydrogens (tertiary/aromatic N) is 2. The molecule has 0 aliphatic heterocycles. The number of halogens is 2. The molecular formula is C20H22CaClFN2O4+2. The molecule has 0 spiro atoms. The van der Waals surface area contributed by atoms with Crippen molar-refractivity contribution >= 4 is 61.4 Å². The molecule has 1 aromatic carbocycles. The van der Waals surface area contributed by atoms with Gasteiger partial charge in [-0.05, 0) is 41.8 Å². The third kappa shape index (κ3) is 7.92. The Morgan fingerprint density at radius 1 is 1.21 bits per heavy atom. The van der Waals surface area contributed by atoms with Gasteiger partial charge < -0.3 is 15.3 Å². The summed E-state index contributed by atoms with van der Waals surface area (Å²) in [7, 11) is 0. The van der Waals surface area contributed by atoms with Crippen LogP contribution in [-0.2, 0) is 4.79 Å². The first-order valence-corrected chi connectivity index (χ1v) is 9.14. The first kappa shape index (κ1) is 25.9. The molecule has 29 heavy (non-hydrogen) atoms. The van der Waals surface area contributed by atoms with Gasteiger partial charge in [-0.1, -0.05) is 26.0 Å². The van der Waals surface area contributed by atoms with Gasteiger partial charge in [-0.3, -0.25) is 4.79 Å². The molecule has 9 heteroatoms. The van der Waals surface area contributed by atoms with Gasteiger partial charge >= 0.3 is 43.7 Å². The summed E-state index contributed by atoms with van der Waals surface area (Å²) in [6.07, 6.45) is 0.248. The molecule has 2 rings (SSSR count). The summed E-state index contributed by atoms with van der Waals surface area (Å²) in [5.41, 5.74) is 2.37. The monoisotopic (exact) mass is 448 g/mol. The summed E-state index contributed by atoms with van der Waals surface area (Å²) < 4.78 is 13.3. The molecule has 2 aromatic rings. The number of aliphatic carboxylic acids is 1. The predicted molar refractivity (Wildman–Crippen MR) is 110 cm³/mol. The minimum Gasteiger partial charge on any atom is -0.481 e. The zero-order valence-electron chi connectivity index (χ0n) is 16.2. The fourth-order valence-electron chi connectivity index (χ4n) is 2.74. The number of aliphatic hydroxyl groups excluding tert-OH is 2. The number of hydrogen-bond acceptors (Lipinski definition) is 5. The SMILES string of the molecule is CC(C)c1nc(Cl)nc(-c2ccc(F)cc2)c1/C=C/[C@@H](O)C[C@@H](O)CC(=O)O.[Ca+2]. The zero-order valence-corrected chi connectivity index (χ0v) is 19.2. The fourth-order valence-corrected chi connectivity index (χ4v) is 2.92. The van der Waals surface area contributed by atoms with Crippen molar-refractivity contribution in [2.75, 3.05) is 0 Å². The molecule has 0 saturated carbocycles. The Hall–Kier alpha value is -1.09. The molecule has 0 aliphatic carbocycles. The Kier molecular flexibility index (Phi) is 10.7. The van der Waals surface area contributed by atoms with Crippen LogP contribution < -0.4 is 0 Å². The van der Waals surface area contributed by atoms with E-state index in [4.69, 9.17) is 16.7 Å². The summed E-state index contributed by atoms with van der Waals surface area (Å²) in [6.45, 7) is 3.86. The Morgan fingerprint density at radius 2 is 1.83 bits per heavy atom. The standard InChI is InChI=1S/C20H22ClFN2O4.Ca/c1-11(2)18-16(8-7-14(25)9-15(26)10-17(27)28)19(24-20(21)23-18)12-3-5-13(22)6-4-12;/h3-8,11,14-15,25-26H,9-10H2,1-2H3,(H,27,28);/q;+2/b8-7+;/t14-,15-;/m1./s1. The van der Waals surface area contributed by atoms with Crippen LogP contribution in [0.15, 0.2) is 30.3 Å². The Balaban J connectivity index is 0.00000420. The number of aliphatic hydroxyl groups is 2. The van der Waals surface area contributed by atoms with Crippen LogP contribution in [0, 0.1) is 5.82 Å². The summed E-state index contributed by atoms with van der Waals surface area (Å²) in [4.78, 5) is 19.2. The van der Waals surface area contributed by atoms with Crippen molar-refractivity contribution in [2.24, 2.45) is 0 Å². The first-order chi connectivity index (χ1) is 13.2. The minimum atomic E-state index is -1.17. The molecule has 1 heterocycles. The van der Waals surface area contributed by atoms with Crippen LogP contribution in [0.1, 0.15) is 43.9 Å². The second kappa shape index (κ2) is 11.9. The molecule has 0 fully saturated rings. The number of aromatic nitrogens is 2. The average Bonchev–Trinajstić information content (AvgIpc) is 2.59. The Labute approximate surface area is 203 Å². The number of benzene rings is 1. The van der Waals surface area contributed by atoms with Crippen molar-refractivity contribution < 1.29 is 24.5 Å². The van der Waals surface area contributed by atoms with E-state index < -0.39 is 24.6 Å². The summed E-state index contributed by atoms with van der Waals surface area (Å²) in [5.74, 6) is -1.53. The molecule has 2 atom stereocenters. The van der Waals surface area contributed by atoms with E-state index in [1.54, 1.807) is 18.2 Å². The zero-order chi connectivity index (χ0) is 20.8.